The van der Waals surface area contributed by atoms with Gasteiger partial charge in [0.05, 0.1) is 11.8 Å². The molecule has 2 rings (SSSR count). The Morgan fingerprint density at radius 1 is 1.32 bits per heavy atom. The monoisotopic (exact) mass is 277 g/mol. The summed E-state index contributed by atoms with van der Waals surface area (Å²) in [4.78, 5) is 5.62. The lowest BCUT2D eigenvalue weighted by molar-refractivity contribution is 0.339. The summed E-state index contributed by atoms with van der Waals surface area (Å²) >= 11 is 1.72. The summed E-state index contributed by atoms with van der Waals surface area (Å²) in [6, 6.07) is 8.55. The molecule has 4 nitrogen and oxygen atoms in total. The summed E-state index contributed by atoms with van der Waals surface area (Å²) in [6.07, 6.45) is 0. The first-order valence-corrected chi connectivity index (χ1v) is 7.43. The first-order chi connectivity index (χ1) is 9.19. The second-order valence-electron chi connectivity index (χ2n) is 4.43. The van der Waals surface area contributed by atoms with Gasteiger partial charge < -0.3 is 9.84 Å². The van der Waals surface area contributed by atoms with Crippen LogP contribution in [0.25, 0.3) is 0 Å². The predicted octanol–water partition coefficient (Wildman–Crippen LogP) is 3.34. The van der Waals surface area contributed by atoms with Crippen molar-refractivity contribution in [2.75, 3.05) is 6.54 Å². The maximum absolute atomic E-state index is 5.25. The predicted molar refractivity (Wildman–Crippen MR) is 77.1 cm³/mol. The number of rotatable bonds is 6. The lowest BCUT2D eigenvalue weighted by Crippen LogP contribution is -2.17. The molecule has 19 heavy (non-hydrogen) atoms. The molecule has 0 aliphatic rings. The zero-order valence-electron chi connectivity index (χ0n) is 11.5. The van der Waals surface area contributed by atoms with Gasteiger partial charge in [-0.15, -0.1) is 11.8 Å². The molecule has 102 valence electrons. The van der Waals surface area contributed by atoms with Crippen LogP contribution in [0.15, 0.2) is 33.7 Å². The SMILES string of the molecule is CCNC(C)c1nc(CSc2ccc(C)cc2)no1. The first-order valence-electron chi connectivity index (χ1n) is 6.44. The number of benzene rings is 1. The van der Waals surface area contributed by atoms with Crippen LogP contribution in [-0.4, -0.2) is 16.7 Å². The third-order valence-corrected chi connectivity index (χ3v) is 3.76. The lowest BCUT2D eigenvalue weighted by atomic mass is 10.2. The molecule has 5 heteroatoms. The quantitative estimate of drug-likeness (QED) is 0.821. The molecule has 2 aromatic rings. The standard InChI is InChI=1S/C14H19N3OS/c1-4-15-11(3)14-16-13(17-18-14)9-19-12-7-5-10(2)6-8-12/h5-8,11,15H,4,9H2,1-3H3. The fourth-order valence-electron chi connectivity index (χ4n) is 1.68. The Morgan fingerprint density at radius 2 is 2.05 bits per heavy atom. The Labute approximate surface area is 118 Å². The van der Waals surface area contributed by atoms with Crippen molar-refractivity contribution < 1.29 is 4.52 Å². The Hall–Kier alpha value is -1.33. The van der Waals surface area contributed by atoms with Gasteiger partial charge in [-0.3, -0.25) is 0 Å². The zero-order valence-corrected chi connectivity index (χ0v) is 12.3. The molecule has 0 spiro atoms. The van der Waals surface area contributed by atoms with Crippen LogP contribution >= 0.6 is 11.8 Å². The molecule has 0 fully saturated rings. The molecule has 1 heterocycles. The van der Waals surface area contributed by atoms with Gasteiger partial charge in [0, 0.05) is 4.90 Å². The molecule has 0 saturated heterocycles. The van der Waals surface area contributed by atoms with E-state index in [1.165, 1.54) is 10.5 Å². The fraction of sp³-hybridized carbons (Fsp3) is 0.429. The average Bonchev–Trinajstić information content (AvgIpc) is 2.87. The van der Waals surface area contributed by atoms with Crippen LogP contribution in [0.5, 0.6) is 0 Å². The van der Waals surface area contributed by atoms with Gasteiger partial charge in [-0.2, -0.15) is 4.98 Å². The van der Waals surface area contributed by atoms with Crippen LogP contribution in [0, 0.1) is 6.92 Å². The normalized spacial score (nSPS) is 12.6. The number of nitrogens with one attached hydrogen (secondary N) is 1. The fourth-order valence-corrected chi connectivity index (χ4v) is 2.42. The van der Waals surface area contributed by atoms with E-state index in [0.29, 0.717) is 5.89 Å². The number of aryl methyl sites for hydroxylation is 1. The zero-order chi connectivity index (χ0) is 13.7. The van der Waals surface area contributed by atoms with Gasteiger partial charge in [-0.05, 0) is 32.5 Å². The number of thioether (sulfide) groups is 1. The van der Waals surface area contributed by atoms with Crippen molar-refractivity contribution in [1.29, 1.82) is 0 Å². The maximum atomic E-state index is 5.25. The third kappa shape index (κ3) is 4.08. The minimum absolute atomic E-state index is 0.107. The summed E-state index contributed by atoms with van der Waals surface area (Å²) in [5.74, 6) is 2.12. The molecule has 1 aromatic carbocycles. The topological polar surface area (TPSA) is 51.0 Å². The molecule has 0 bridgehead atoms. The van der Waals surface area contributed by atoms with E-state index in [9.17, 15) is 0 Å². The highest BCUT2D eigenvalue weighted by atomic mass is 32.2. The molecule has 0 radical (unpaired) electrons. The van der Waals surface area contributed by atoms with Crippen LogP contribution in [0.2, 0.25) is 0 Å². The number of aromatic nitrogens is 2. The molecule has 1 atom stereocenters. The van der Waals surface area contributed by atoms with E-state index in [1.54, 1.807) is 11.8 Å². The van der Waals surface area contributed by atoms with Crippen molar-refractivity contribution in [2.24, 2.45) is 0 Å². The maximum Gasteiger partial charge on any atom is 0.243 e. The summed E-state index contributed by atoms with van der Waals surface area (Å²) in [7, 11) is 0. The summed E-state index contributed by atoms with van der Waals surface area (Å²) in [5.41, 5.74) is 1.27. The molecule has 1 unspecified atom stereocenters. The van der Waals surface area contributed by atoms with Crippen molar-refractivity contribution in [3.63, 3.8) is 0 Å². The number of hydrogen-bond donors (Lipinski definition) is 1. The van der Waals surface area contributed by atoms with E-state index in [4.69, 9.17) is 4.52 Å². The molecular formula is C14H19N3OS. The Balaban J connectivity index is 1.91. The Bertz CT molecular complexity index is 510. The van der Waals surface area contributed by atoms with Crippen molar-refractivity contribution in [2.45, 2.75) is 37.5 Å². The Kier molecular flexibility index (Phi) is 4.99. The van der Waals surface area contributed by atoms with Gasteiger partial charge in [0.15, 0.2) is 5.82 Å². The van der Waals surface area contributed by atoms with Crippen molar-refractivity contribution in [3.05, 3.63) is 41.5 Å². The Morgan fingerprint density at radius 3 is 2.74 bits per heavy atom. The van der Waals surface area contributed by atoms with Gasteiger partial charge >= 0.3 is 0 Å². The van der Waals surface area contributed by atoms with Gasteiger partial charge in [0.25, 0.3) is 0 Å². The van der Waals surface area contributed by atoms with E-state index in [-0.39, 0.29) is 6.04 Å². The van der Waals surface area contributed by atoms with Crippen LogP contribution in [0.1, 0.15) is 37.2 Å². The van der Waals surface area contributed by atoms with Crippen LogP contribution in [0.3, 0.4) is 0 Å². The average molecular weight is 277 g/mol. The molecule has 0 aliphatic heterocycles. The van der Waals surface area contributed by atoms with Crippen LogP contribution in [0.4, 0.5) is 0 Å². The van der Waals surface area contributed by atoms with Crippen LogP contribution in [-0.2, 0) is 5.75 Å². The summed E-state index contributed by atoms with van der Waals surface area (Å²) < 4.78 is 5.25. The van der Waals surface area contributed by atoms with Crippen molar-refractivity contribution in [1.82, 2.24) is 15.5 Å². The third-order valence-electron chi connectivity index (χ3n) is 2.75. The van der Waals surface area contributed by atoms with Crippen molar-refractivity contribution in [3.8, 4) is 0 Å². The summed E-state index contributed by atoms with van der Waals surface area (Å²) in [6.45, 7) is 7.05. The van der Waals surface area contributed by atoms with Gasteiger partial charge in [-0.1, -0.05) is 29.8 Å². The molecule has 0 amide bonds. The molecule has 1 N–H and O–H groups in total. The molecule has 0 saturated carbocycles. The second kappa shape index (κ2) is 6.73. The summed E-state index contributed by atoms with van der Waals surface area (Å²) in [5, 5.41) is 7.26. The van der Waals surface area contributed by atoms with E-state index in [1.807, 2.05) is 6.92 Å². The number of nitrogens with zero attached hydrogens (tertiary/aromatic N) is 2. The van der Waals surface area contributed by atoms with E-state index < -0.39 is 0 Å². The van der Waals surface area contributed by atoms with Gasteiger partial charge in [0.1, 0.15) is 0 Å². The molecule has 1 aromatic heterocycles. The van der Waals surface area contributed by atoms with E-state index in [0.717, 1.165) is 18.1 Å². The van der Waals surface area contributed by atoms with E-state index in [2.05, 4.69) is 53.6 Å². The minimum Gasteiger partial charge on any atom is -0.338 e. The highest BCUT2D eigenvalue weighted by Crippen LogP contribution is 2.22. The highest BCUT2D eigenvalue weighted by molar-refractivity contribution is 7.98. The lowest BCUT2D eigenvalue weighted by Gasteiger charge is -2.05. The molecular weight excluding hydrogens is 258 g/mol. The second-order valence-corrected chi connectivity index (χ2v) is 5.48. The minimum atomic E-state index is 0.107. The highest BCUT2D eigenvalue weighted by Gasteiger charge is 2.12. The van der Waals surface area contributed by atoms with Crippen LogP contribution < -0.4 is 5.32 Å². The molecule has 0 aliphatic carbocycles. The van der Waals surface area contributed by atoms with Gasteiger partial charge in [-0.25, -0.2) is 0 Å². The smallest absolute Gasteiger partial charge is 0.243 e. The largest absolute Gasteiger partial charge is 0.338 e. The number of hydrogen-bond acceptors (Lipinski definition) is 5. The van der Waals surface area contributed by atoms with Crippen molar-refractivity contribution >= 4 is 11.8 Å². The van der Waals surface area contributed by atoms with E-state index >= 15 is 0 Å². The van der Waals surface area contributed by atoms with Gasteiger partial charge in [0.2, 0.25) is 5.89 Å². The first kappa shape index (κ1) is 14.1.